The molecular formula is C45H27N3O2. The third kappa shape index (κ3) is 4.67. The summed E-state index contributed by atoms with van der Waals surface area (Å²) < 4.78 is 12.9. The van der Waals surface area contributed by atoms with Crippen LogP contribution in [0.1, 0.15) is 0 Å². The Morgan fingerprint density at radius 1 is 0.300 bits per heavy atom. The fourth-order valence-electron chi connectivity index (χ4n) is 6.99. The van der Waals surface area contributed by atoms with Crippen molar-refractivity contribution in [2.75, 3.05) is 0 Å². The van der Waals surface area contributed by atoms with Gasteiger partial charge in [-0.2, -0.15) is 0 Å². The van der Waals surface area contributed by atoms with Crippen LogP contribution in [0.15, 0.2) is 173 Å². The second-order valence-corrected chi connectivity index (χ2v) is 12.4. The Hall–Kier alpha value is -6.85. The normalized spacial score (nSPS) is 11.6. The van der Waals surface area contributed by atoms with E-state index >= 15 is 0 Å². The number of para-hydroxylation sites is 1. The smallest absolute Gasteiger partial charge is 0.164 e. The number of furan rings is 2. The quantitative estimate of drug-likeness (QED) is 0.187. The number of rotatable bonds is 5. The van der Waals surface area contributed by atoms with Gasteiger partial charge >= 0.3 is 0 Å². The Labute approximate surface area is 287 Å². The number of nitrogens with zero attached hydrogens (tertiary/aromatic N) is 3. The van der Waals surface area contributed by atoms with Crippen LogP contribution in [0.25, 0.3) is 100 Å². The van der Waals surface area contributed by atoms with Gasteiger partial charge in [-0.15, -0.1) is 0 Å². The van der Waals surface area contributed by atoms with E-state index < -0.39 is 0 Å². The van der Waals surface area contributed by atoms with Gasteiger partial charge in [0.05, 0.1) is 0 Å². The Morgan fingerprint density at radius 3 is 1.64 bits per heavy atom. The van der Waals surface area contributed by atoms with Crippen LogP contribution < -0.4 is 0 Å². The summed E-state index contributed by atoms with van der Waals surface area (Å²) in [6.07, 6.45) is 0. The fourth-order valence-corrected chi connectivity index (χ4v) is 6.99. The van der Waals surface area contributed by atoms with Gasteiger partial charge in [-0.05, 0) is 58.7 Å². The molecule has 50 heavy (non-hydrogen) atoms. The molecule has 10 aromatic rings. The van der Waals surface area contributed by atoms with E-state index in [0.29, 0.717) is 17.5 Å². The van der Waals surface area contributed by atoms with Gasteiger partial charge < -0.3 is 8.83 Å². The monoisotopic (exact) mass is 641 g/mol. The highest BCUT2D eigenvalue weighted by molar-refractivity contribution is 6.14. The van der Waals surface area contributed by atoms with Gasteiger partial charge in [0.2, 0.25) is 0 Å². The van der Waals surface area contributed by atoms with Gasteiger partial charge in [0, 0.05) is 38.2 Å². The van der Waals surface area contributed by atoms with Crippen LogP contribution in [0.5, 0.6) is 0 Å². The molecule has 0 saturated heterocycles. The Bertz CT molecular complexity index is 2860. The number of aromatic nitrogens is 3. The lowest BCUT2D eigenvalue weighted by molar-refractivity contribution is 0.668. The van der Waals surface area contributed by atoms with E-state index in [0.717, 1.165) is 82.8 Å². The zero-order valence-electron chi connectivity index (χ0n) is 26.7. The number of hydrogen-bond acceptors (Lipinski definition) is 5. The summed E-state index contributed by atoms with van der Waals surface area (Å²) in [5, 5.41) is 4.12. The minimum atomic E-state index is 0.564. The van der Waals surface area contributed by atoms with Crippen molar-refractivity contribution in [3.05, 3.63) is 164 Å². The van der Waals surface area contributed by atoms with Crippen LogP contribution in [0.2, 0.25) is 0 Å². The maximum atomic E-state index is 6.68. The largest absolute Gasteiger partial charge is 0.456 e. The van der Waals surface area contributed by atoms with Crippen molar-refractivity contribution in [1.29, 1.82) is 0 Å². The molecule has 5 heteroatoms. The van der Waals surface area contributed by atoms with Crippen LogP contribution in [-0.2, 0) is 0 Å². The maximum absolute atomic E-state index is 6.68. The molecule has 0 saturated carbocycles. The summed E-state index contributed by atoms with van der Waals surface area (Å²) in [5.74, 6) is 1.74. The molecule has 0 bridgehead atoms. The van der Waals surface area contributed by atoms with Gasteiger partial charge in [-0.1, -0.05) is 127 Å². The van der Waals surface area contributed by atoms with Crippen molar-refractivity contribution in [1.82, 2.24) is 15.0 Å². The lowest BCUT2D eigenvalue weighted by Gasteiger charge is -2.09. The fraction of sp³-hybridized carbons (Fsp3) is 0. The highest BCUT2D eigenvalue weighted by atomic mass is 16.3. The lowest BCUT2D eigenvalue weighted by Crippen LogP contribution is -2.00. The molecule has 3 aromatic heterocycles. The Balaban J connectivity index is 1.19. The van der Waals surface area contributed by atoms with Gasteiger partial charge in [-0.3, -0.25) is 0 Å². The predicted octanol–water partition coefficient (Wildman–Crippen LogP) is 12.0. The zero-order chi connectivity index (χ0) is 33.0. The SMILES string of the molecule is c1ccc(-c2cc(-c3ccccc3)c3c(c2)oc2cc(-c4nc(-c5ccccc5)nc(-c5cccc6oc7ccccc7c56)n4)ccc23)cc1. The summed E-state index contributed by atoms with van der Waals surface area (Å²) in [5.41, 5.74) is 10.4. The van der Waals surface area contributed by atoms with Crippen molar-refractivity contribution in [3.8, 4) is 56.4 Å². The molecule has 234 valence electrons. The molecule has 0 atom stereocenters. The van der Waals surface area contributed by atoms with Crippen LogP contribution in [0.3, 0.4) is 0 Å². The molecule has 0 spiro atoms. The minimum absolute atomic E-state index is 0.564. The van der Waals surface area contributed by atoms with E-state index in [9.17, 15) is 0 Å². The third-order valence-corrected chi connectivity index (χ3v) is 9.33. The van der Waals surface area contributed by atoms with Crippen LogP contribution >= 0.6 is 0 Å². The summed E-state index contributed by atoms with van der Waals surface area (Å²) in [6, 6.07) is 55.7. The molecule has 0 aliphatic carbocycles. The van der Waals surface area contributed by atoms with Crippen molar-refractivity contribution < 1.29 is 8.83 Å². The number of benzene rings is 7. The van der Waals surface area contributed by atoms with E-state index in [2.05, 4.69) is 84.9 Å². The van der Waals surface area contributed by atoms with Gasteiger partial charge in [0.1, 0.15) is 22.3 Å². The molecule has 0 aliphatic rings. The molecule has 0 fully saturated rings. The first kappa shape index (κ1) is 28.2. The molecule has 3 heterocycles. The molecule has 0 N–H and O–H groups in total. The first-order valence-corrected chi connectivity index (χ1v) is 16.6. The van der Waals surface area contributed by atoms with Crippen LogP contribution in [0.4, 0.5) is 0 Å². The summed E-state index contributed by atoms with van der Waals surface area (Å²) in [4.78, 5) is 15.2. The topological polar surface area (TPSA) is 65.0 Å². The molecule has 5 nitrogen and oxygen atoms in total. The van der Waals surface area contributed by atoms with Crippen molar-refractivity contribution >= 4 is 43.9 Å². The molecule has 7 aromatic carbocycles. The average Bonchev–Trinajstić information content (AvgIpc) is 3.76. The first-order valence-electron chi connectivity index (χ1n) is 16.6. The Morgan fingerprint density at radius 2 is 0.860 bits per heavy atom. The number of fused-ring (bicyclic) bond motifs is 6. The van der Waals surface area contributed by atoms with Crippen molar-refractivity contribution in [2.24, 2.45) is 0 Å². The highest BCUT2D eigenvalue weighted by Gasteiger charge is 2.20. The Kier molecular flexibility index (Phi) is 6.42. The standard InChI is InChI=1S/C45H27N3O2/c1-4-13-28(14-5-1)32-25-36(29-15-6-2-7-16-29)42-34-24-23-31(26-39(34)50-40(42)27-32)44-46-43(30-17-8-3-9-18-30)47-45(48-44)35-20-12-22-38-41(35)33-19-10-11-21-37(33)49-38/h1-27H. The molecule has 0 radical (unpaired) electrons. The lowest BCUT2D eigenvalue weighted by atomic mass is 9.94. The summed E-state index contributed by atoms with van der Waals surface area (Å²) >= 11 is 0. The maximum Gasteiger partial charge on any atom is 0.164 e. The second-order valence-electron chi connectivity index (χ2n) is 12.4. The minimum Gasteiger partial charge on any atom is -0.456 e. The predicted molar refractivity (Wildman–Crippen MR) is 202 cm³/mol. The summed E-state index contributed by atoms with van der Waals surface area (Å²) in [7, 11) is 0. The van der Waals surface area contributed by atoms with E-state index in [1.165, 1.54) is 0 Å². The molecule has 10 rings (SSSR count). The van der Waals surface area contributed by atoms with Crippen molar-refractivity contribution in [2.45, 2.75) is 0 Å². The second kappa shape index (κ2) is 11.4. The first-order chi connectivity index (χ1) is 24.8. The van der Waals surface area contributed by atoms with Gasteiger partial charge in [0.15, 0.2) is 17.5 Å². The van der Waals surface area contributed by atoms with Crippen LogP contribution in [0, 0.1) is 0 Å². The molecule has 0 unspecified atom stereocenters. The van der Waals surface area contributed by atoms with E-state index in [1.54, 1.807) is 0 Å². The van der Waals surface area contributed by atoms with E-state index in [1.807, 2.05) is 78.9 Å². The summed E-state index contributed by atoms with van der Waals surface area (Å²) in [6.45, 7) is 0. The average molecular weight is 642 g/mol. The highest BCUT2D eigenvalue weighted by Crippen LogP contribution is 2.41. The number of hydrogen-bond donors (Lipinski definition) is 0. The molecule has 0 amide bonds. The molecular weight excluding hydrogens is 615 g/mol. The van der Waals surface area contributed by atoms with E-state index in [4.69, 9.17) is 23.8 Å². The third-order valence-electron chi connectivity index (χ3n) is 9.33. The molecule has 0 aliphatic heterocycles. The van der Waals surface area contributed by atoms with Crippen molar-refractivity contribution in [3.63, 3.8) is 0 Å². The zero-order valence-corrected chi connectivity index (χ0v) is 26.7. The van der Waals surface area contributed by atoms with E-state index in [-0.39, 0.29) is 0 Å². The van der Waals surface area contributed by atoms with Gasteiger partial charge in [-0.25, -0.2) is 15.0 Å². The van der Waals surface area contributed by atoms with Crippen LogP contribution in [-0.4, -0.2) is 15.0 Å². The van der Waals surface area contributed by atoms with Gasteiger partial charge in [0.25, 0.3) is 0 Å².